The van der Waals surface area contributed by atoms with Crippen LogP contribution in [0.25, 0.3) is 0 Å². The number of halogens is 1. The lowest BCUT2D eigenvalue weighted by atomic mass is 10.2. The van der Waals surface area contributed by atoms with Crippen molar-refractivity contribution in [1.82, 2.24) is 14.3 Å². The van der Waals surface area contributed by atoms with Gasteiger partial charge in [0.2, 0.25) is 10.0 Å². The summed E-state index contributed by atoms with van der Waals surface area (Å²) in [7, 11) is -1.57. The van der Waals surface area contributed by atoms with Crippen LogP contribution in [0.5, 0.6) is 0 Å². The van der Waals surface area contributed by atoms with E-state index in [1.54, 1.807) is 30.5 Å². The summed E-state index contributed by atoms with van der Waals surface area (Å²) in [6.45, 7) is 0.327. The summed E-state index contributed by atoms with van der Waals surface area (Å²) in [6.07, 6.45) is 4.09. The molecule has 2 aromatic rings. The minimum absolute atomic E-state index is 0.280. The van der Waals surface area contributed by atoms with Crippen molar-refractivity contribution in [1.29, 1.82) is 0 Å². The van der Waals surface area contributed by atoms with Gasteiger partial charge < -0.3 is 4.57 Å². The fourth-order valence-electron chi connectivity index (χ4n) is 1.78. The van der Waals surface area contributed by atoms with Gasteiger partial charge in [-0.1, -0.05) is 28.1 Å². The third-order valence-electron chi connectivity index (χ3n) is 2.95. The van der Waals surface area contributed by atoms with Crippen LogP contribution >= 0.6 is 15.9 Å². The Hall–Kier alpha value is -1.18. The third kappa shape index (κ3) is 3.68. The minimum Gasteiger partial charge on any atom is -0.338 e. The molecule has 0 bridgehead atoms. The van der Waals surface area contributed by atoms with E-state index in [4.69, 9.17) is 0 Å². The van der Waals surface area contributed by atoms with Gasteiger partial charge in [-0.15, -0.1) is 0 Å². The fourth-order valence-corrected chi connectivity index (χ4v) is 3.18. The van der Waals surface area contributed by atoms with Gasteiger partial charge in [0.15, 0.2) is 0 Å². The standard InChI is InChI=1S/C13H16BrN3O2S/c1-17-9-8-15-13(17)6-7-16-20(18,19)12-4-2-11(10-14)3-5-12/h2-5,8-9,16H,6-7,10H2,1H3. The number of sulfonamides is 1. The number of hydrogen-bond acceptors (Lipinski definition) is 3. The van der Waals surface area contributed by atoms with E-state index < -0.39 is 10.0 Å². The molecule has 5 nitrogen and oxygen atoms in total. The molecule has 0 aliphatic carbocycles. The van der Waals surface area contributed by atoms with Crippen molar-refractivity contribution >= 4 is 26.0 Å². The molecular formula is C13H16BrN3O2S. The van der Waals surface area contributed by atoms with E-state index in [-0.39, 0.29) is 4.90 Å². The number of nitrogens with one attached hydrogen (secondary N) is 1. The lowest BCUT2D eigenvalue weighted by molar-refractivity contribution is 0.580. The maximum absolute atomic E-state index is 12.1. The van der Waals surface area contributed by atoms with Crippen LogP contribution in [0.3, 0.4) is 0 Å². The summed E-state index contributed by atoms with van der Waals surface area (Å²) in [5.74, 6) is 0.849. The maximum atomic E-state index is 12.1. The molecule has 0 spiro atoms. The van der Waals surface area contributed by atoms with Gasteiger partial charge in [0.25, 0.3) is 0 Å². The molecule has 1 aromatic carbocycles. The molecule has 0 fully saturated rings. The summed E-state index contributed by atoms with van der Waals surface area (Å²) >= 11 is 3.33. The van der Waals surface area contributed by atoms with Crippen molar-refractivity contribution in [3.8, 4) is 0 Å². The van der Waals surface area contributed by atoms with Crippen LogP contribution in [0.1, 0.15) is 11.4 Å². The van der Waals surface area contributed by atoms with E-state index in [9.17, 15) is 8.42 Å². The van der Waals surface area contributed by atoms with E-state index in [1.165, 1.54) is 0 Å². The van der Waals surface area contributed by atoms with Crippen LogP contribution in [0.2, 0.25) is 0 Å². The van der Waals surface area contributed by atoms with Gasteiger partial charge in [0.1, 0.15) is 5.82 Å². The molecule has 0 aliphatic rings. The number of nitrogens with zero attached hydrogens (tertiary/aromatic N) is 2. The van der Waals surface area contributed by atoms with Crippen LogP contribution < -0.4 is 4.72 Å². The topological polar surface area (TPSA) is 64.0 Å². The monoisotopic (exact) mass is 357 g/mol. The van der Waals surface area contributed by atoms with Crippen molar-refractivity contribution < 1.29 is 8.42 Å². The zero-order chi connectivity index (χ0) is 14.6. The molecule has 2 rings (SSSR count). The molecule has 0 saturated heterocycles. The molecule has 0 saturated carbocycles. The molecule has 0 radical (unpaired) electrons. The quantitative estimate of drug-likeness (QED) is 0.802. The van der Waals surface area contributed by atoms with Crippen LogP contribution in [0.15, 0.2) is 41.6 Å². The Kier molecular flexibility index (Phi) is 4.95. The third-order valence-corrected chi connectivity index (χ3v) is 5.07. The van der Waals surface area contributed by atoms with Gasteiger partial charge in [0, 0.05) is 37.7 Å². The number of rotatable bonds is 6. The van der Waals surface area contributed by atoms with Crippen molar-refractivity contribution in [3.05, 3.63) is 48.0 Å². The van der Waals surface area contributed by atoms with Gasteiger partial charge in [-0.3, -0.25) is 0 Å². The molecule has 1 N–H and O–H groups in total. The SMILES string of the molecule is Cn1ccnc1CCNS(=O)(=O)c1ccc(CBr)cc1. The molecule has 1 aromatic heterocycles. The first-order valence-corrected chi connectivity index (χ1v) is 8.74. The summed E-state index contributed by atoms with van der Waals surface area (Å²) in [4.78, 5) is 4.43. The second-order valence-corrected chi connectivity index (χ2v) is 6.71. The Labute approximate surface area is 127 Å². The number of aromatic nitrogens is 2. The first-order valence-electron chi connectivity index (χ1n) is 6.14. The largest absolute Gasteiger partial charge is 0.338 e. The zero-order valence-corrected chi connectivity index (χ0v) is 13.5. The Morgan fingerprint density at radius 1 is 1.30 bits per heavy atom. The van der Waals surface area contributed by atoms with E-state index in [0.717, 1.165) is 11.4 Å². The fraction of sp³-hybridized carbons (Fsp3) is 0.308. The molecule has 20 heavy (non-hydrogen) atoms. The summed E-state index contributed by atoms with van der Waals surface area (Å²) < 4.78 is 28.6. The molecule has 0 aliphatic heterocycles. The van der Waals surface area contributed by atoms with Gasteiger partial charge in [0.05, 0.1) is 4.90 Å². The first kappa shape index (κ1) is 15.2. The van der Waals surface area contributed by atoms with E-state index in [0.29, 0.717) is 18.3 Å². The predicted molar refractivity (Wildman–Crippen MR) is 81.2 cm³/mol. The van der Waals surface area contributed by atoms with Crippen LogP contribution in [0, 0.1) is 0 Å². The Bertz CT molecular complexity index is 665. The first-order chi connectivity index (χ1) is 9.53. The predicted octanol–water partition coefficient (Wildman–Crippen LogP) is 1.84. The summed E-state index contributed by atoms with van der Waals surface area (Å²) in [6, 6.07) is 6.81. The highest BCUT2D eigenvalue weighted by Gasteiger charge is 2.13. The van der Waals surface area contributed by atoms with Crippen molar-refractivity contribution in [2.75, 3.05) is 6.54 Å². The van der Waals surface area contributed by atoms with Gasteiger partial charge in [-0.2, -0.15) is 0 Å². The molecule has 0 unspecified atom stereocenters. The zero-order valence-electron chi connectivity index (χ0n) is 11.1. The Morgan fingerprint density at radius 3 is 2.55 bits per heavy atom. The number of aryl methyl sites for hydroxylation is 1. The molecular weight excluding hydrogens is 342 g/mol. The minimum atomic E-state index is -3.45. The average molecular weight is 358 g/mol. The Balaban J connectivity index is 1.98. The molecule has 0 atom stereocenters. The Morgan fingerprint density at radius 2 is 2.00 bits per heavy atom. The average Bonchev–Trinajstić information content (AvgIpc) is 2.84. The lowest BCUT2D eigenvalue weighted by Crippen LogP contribution is -2.26. The van der Waals surface area contributed by atoms with Crippen LogP contribution in [-0.2, 0) is 28.8 Å². The smallest absolute Gasteiger partial charge is 0.240 e. The van der Waals surface area contributed by atoms with E-state index >= 15 is 0 Å². The molecule has 0 amide bonds. The number of hydrogen-bond donors (Lipinski definition) is 1. The normalized spacial score (nSPS) is 11.7. The summed E-state index contributed by atoms with van der Waals surface area (Å²) in [5.41, 5.74) is 1.04. The molecule has 1 heterocycles. The van der Waals surface area contributed by atoms with Crippen LogP contribution in [-0.4, -0.2) is 24.5 Å². The summed E-state index contributed by atoms with van der Waals surface area (Å²) in [5, 5.41) is 0.708. The van der Waals surface area contributed by atoms with E-state index in [2.05, 4.69) is 25.6 Å². The van der Waals surface area contributed by atoms with Gasteiger partial charge >= 0.3 is 0 Å². The molecule has 108 valence electrons. The number of imidazole rings is 1. The number of benzene rings is 1. The highest BCUT2D eigenvalue weighted by Crippen LogP contribution is 2.12. The van der Waals surface area contributed by atoms with Gasteiger partial charge in [-0.25, -0.2) is 18.1 Å². The van der Waals surface area contributed by atoms with Crippen molar-refractivity contribution in [2.24, 2.45) is 7.05 Å². The number of alkyl halides is 1. The second-order valence-electron chi connectivity index (χ2n) is 4.38. The highest BCUT2D eigenvalue weighted by molar-refractivity contribution is 9.08. The second kappa shape index (κ2) is 6.51. The maximum Gasteiger partial charge on any atom is 0.240 e. The van der Waals surface area contributed by atoms with Crippen LogP contribution in [0.4, 0.5) is 0 Å². The van der Waals surface area contributed by atoms with E-state index in [1.807, 2.05) is 17.8 Å². The van der Waals surface area contributed by atoms with Crippen molar-refractivity contribution in [2.45, 2.75) is 16.6 Å². The van der Waals surface area contributed by atoms with Crippen molar-refractivity contribution in [3.63, 3.8) is 0 Å². The molecule has 7 heteroatoms. The van der Waals surface area contributed by atoms with Gasteiger partial charge in [-0.05, 0) is 17.7 Å². The highest BCUT2D eigenvalue weighted by atomic mass is 79.9. The lowest BCUT2D eigenvalue weighted by Gasteiger charge is -2.07.